The fraction of sp³-hybridized carbons (Fsp3) is 0.938. The molecule has 1 aliphatic heterocycles. The lowest BCUT2D eigenvalue weighted by Crippen LogP contribution is -2.52. The molecule has 1 aliphatic rings. The summed E-state index contributed by atoms with van der Waals surface area (Å²) < 4.78 is 0. The van der Waals surface area contributed by atoms with Crippen LogP contribution in [0.1, 0.15) is 54.4 Å². The largest absolute Gasteiger partial charge is 0.400 e. The first kappa shape index (κ1) is 19.4. The number of likely N-dealkylation sites (tertiary alicyclic amines) is 1. The van der Waals surface area contributed by atoms with E-state index in [1.54, 1.807) is 6.92 Å². The molecule has 4 heteroatoms. The molecule has 0 aromatic rings. The van der Waals surface area contributed by atoms with Crippen molar-refractivity contribution < 1.29 is 9.90 Å². The maximum absolute atomic E-state index is 11.3. The van der Waals surface area contributed by atoms with Crippen molar-refractivity contribution in [1.29, 1.82) is 0 Å². The van der Waals surface area contributed by atoms with Gasteiger partial charge >= 0.3 is 0 Å². The Hall–Kier alpha value is -0.610. The zero-order valence-corrected chi connectivity index (χ0v) is 14.4. The van der Waals surface area contributed by atoms with Gasteiger partial charge in [0.25, 0.3) is 0 Å². The maximum atomic E-state index is 11.3. The standard InChI is InChI=1S/C15H30N2O.CH4O/c1-12(18)16-13(14(2,3)4)11-17-9-7-15(5,6)8-10-17;1-2/h13H,7-11H2,1-6H3,(H,16,18);2H,1H3. The molecule has 1 fully saturated rings. The number of hydrogen-bond acceptors (Lipinski definition) is 3. The van der Waals surface area contributed by atoms with Gasteiger partial charge in [0.1, 0.15) is 0 Å². The molecule has 0 spiro atoms. The van der Waals surface area contributed by atoms with Crippen LogP contribution in [0.4, 0.5) is 0 Å². The molecular weight excluding hydrogens is 252 g/mol. The summed E-state index contributed by atoms with van der Waals surface area (Å²) in [6.07, 6.45) is 2.51. The predicted octanol–water partition coefficient (Wildman–Crippen LogP) is 2.27. The number of aliphatic hydroxyl groups is 1. The summed E-state index contributed by atoms with van der Waals surface area (Å²) in [6.45, 7) is 16.2. The van der Waals surface area contributed by atoms with Crippen LogP contribution >= 0.6 is 0 Å². The molecule has 1 atom stereocenters. The lowest BCUT2D eigenvalue weighted by Gasteiger charge is -2.41. The van der Waals surface area contributed by atoms with Crippen LogP contribution in [0.25, 0.3) is 0 Å². The molecule has 0 aromatic heterocycles. The number of hydrogen-bond donors (Lipinski definition) is 2. The lowest BCUT2D eigenvalue weighted by atomic mass is 9.81. The van der Waals surface area contributed by atoms with Gasteiger partial charge in [0.05, 0.1) is 0 Å². The van der Waals surface area contributed by atoms with Gasteiger partial charge in [0, 0.05) is 26.6 Å². The summed E-state index contributed by atoms with van der Waals surface area (Å²) in [5.41, 5.74) is 0.598. The minimum absolute atomic E-state index is 0.0762. The Balaban J connectivity index is 0.00000172. The third-order valence-electron chi connectivity index (χ3n) is 4.07. The summed E-state index contributed by atoms with van der Waals surface area (Å²) in [6, 6.07) is 0.233. The van der Waals surface area contributed by atoms with Crippen LogP contribution < -0.4 is 5.32 Å². The number of rotatable bonds is 3. The number of nitrogens with zero attached hydrogens (tertiary/aromatic N) is 1. The smallest absolute Gasteiger partial charge is 0.217 e. The molecule has 1 rings (SSSR count). The monoisotopic (exact) mass is 286 g/mol. The van der Waals surface area contributed by atoms with E-state index in [0.29, 0.717) is 5.41 Å². The second kappa shape index (κ2) is 7.99. The predicted molar refractivity (Wildman–Crippen MR) is 84.7 cm³/mol. The van der Waals surface area contributed by atoms with Gasteiger partial charge in [-0.1, -0.05) is 34.6 Å². The van der Waals surface area contributed by atoms with Gasteiger partial charge in [-0.05, 0) is 36.8 Å². The van der Waals surface area contributed by atoms with Crippen molar-refractivity contribution in [3.05, 3.63) is 0 Å². The van der Waals surface area contributed by atoms with Crippen LogP contribution in [0.2, 0.25) is 0 Å². The van der Waals surface area contributed by atoms with E-state index < -0.39 is 0 Å². The number of carbonyl (C=O) groups is 1. The summed E-state index contributed by atoms with van der Waals surface area (Å²) in [5, 5.41) is 10.1. The summed E-state index contributed by atoms with van der Waals surface area (Å²) in [5.74, 6) is 0.0762. The van der Waals surface area contributed by atoms with E-state index in [0.717, 1.165) is 26.7 Å². The molecule has 20 heavy (non-hydrogen) atoms. The van der Waals surface area contributed by atoms with Crippen molar-refractivity contribution in [3.63, 3.8) is 0 Å². The fourth-order valence-electron chi connectivity index (χ4n) is 2.38. The van der Waals surface area contributed by atoms with Gasteiger partial charge < -0.3 is 15.3 Å². The van der Waals surface area contributed by atoms with E-state index >= 15 is 0 Å². The van der Waals surface area contributed by atoms with Crippen molar-refractivity contribution >= 4 is 5.91 Å². The normalized spacial score (nSPS) is 20.6. The molecule has 1 saturated heterocycles. The number of piperidine rings is 1. The highest BCUT2D eigenvalue weighted by Crippen LogP contribution is 2.30. The van der Waals surface area contributed by atoms with Crippen LogP contribution in [0.3, 0.4) is 0 Å². The fourth-order valence-corrected chi connectivity index (χ4v) is 2.38. The third-order valence-corrected chi connectivity index (χ3v) is 4.07. The van der Waals surface area contributed by atoms with Crippen LogP contribution in [0, 0.1) is 10.8 Å². The SMILES string of the molecule is CC(=O)NC(CN1CCC(C)(C)CC1)C(C)(C)C.CO. The summed E-state index contributed by atoms with van der Waals surface area (Å²) in [7, 11) is 1.00. The molecule has 1 amide bonds. The van der Waals surface area contributed by atoms with Crippen molar-refractivity contribution in [2.75, 3.05) is 26.7 Å². The second-order valence-electron chi connectivity index (χ2n) is 7.58. The highest BCUT2D eigenvalue weighted by Gasteiger charge is 2.31. The van der Waals surface area contributed by atoms with Crippen LogP contribution in [-0.4, -0.2) is 48.7 Å². The first-order valence-electron chi connectivity index (χ1n) is 7.54. The van der Waals surface area contributed by atoms with Crippen LogP contribution in [0.5, 0.6) is 0 Å². The third kappa shape index (κ3) is 7.25. The Morgan fingerprint density at radius 1 is 1.25 bits per heavy atom. The Bertz CT molecular complexity index is 285. The Kier molecular flexibility index (Phi) is 7.74. The molecule has 4 nitrogen and oxygen atoms in total. The highest BCUT2D eigenvalue weighted by molar-refractivity contribution is 5.73. The first-order valence-corrected chi connectivity index (χ1v) is 7.54. The molecule has 0 aliphatic carbocycles. The zero-order valence-electron chi connectivity index (χ0n) is 14.4. The van der Waals surface area contributed by atoms with E-state index in [1.807, 2.05) is 0 Å². The van der Waals surface area contributed by atoms with Crippen LogP contribution in [0.15, 0.2) is 0 Å². The Morgan fingerprint density at radius 2 is 1.70 bits per heavy atom. The highest BCUT2D eigenvalue weighted by atomic mass is 16.2. The number of nitrogens with one attached hydrogen (secondary N) is 1. The minimum Gasteiger partial charge on any atom is -0.400 e. The topological polar surface area (TPSA) is 52.6 Å². The van der Waals surface area contributed by atoms with Gasteiger partial charge in [-0.15, -0.1) is 0 Å². The van der Waals surface area contributed by atoms with Crippen molar-refractivity contribution in [2.45, 2.75) is 60.4 Å². The van der Waals surface area contributed by atoms with E-state index in [1.165, 1.54) is 12.8 Å². The molecule has 1 unspecified atom stereocenters. The molecule has 2 N–H and O–H groups in total. The average Bonchev–Trinajstić information content (AvgIpc) is 2.31. The van der Waals surface area contributed by atoms with Crippen molar-refractivity contribution in [2.24, 2.45) is 10.8 Å². The molecule has 0 radical (unpaired) electrons. The number of carbonyl (C=O) groups excluding carboxylic acids is 1. The number of amides is 1. The molecule has 1 heterocycles. The van der Waals surface area contributed by atoms with E-state index in [4.69, 9.17) is 5.11 Å². The van der Waals surface area contributed by atoms with Gasteiger partial charge in [-0.3, -0.25) is 4.79 Å². The van der Waals surface area contributed by atoms with E-state index in [-0.39, 0.29) is 17.4 Å². The molecular formula is C16H34N2O2. The number of aliphatic hydroxyl groups excluding tert-OH is 1. The lowest BCUT2D eigenvalue weighted by molar-refractivity contribution is -0.120. The maximum Gasteiger partial charge on any atom is 0.217 e. The molecule has 0 saturated carbocycles. The second-order valence-corrected chi connectivity index (χ2v) is 7.58. The van der Waals surface area contributed by atoms with Crippen molar-refractivity contribution in [3.8, 4) is 0 Å². The van der Waals surface area contributed by atoms with Gasteiger partial charge in [-0.2, -0.15) is 0 Å². The van der Waals surface area contributed by atoms with Gasteiger partial charge in [0.2, 0.25) is 5.91 Å². The van der Waals surface area contributed by atoms with E-state index in [9.17, 15) is 4.79 Å². The van der Waals surface area contributed by atoms with Gasteiger partial charge in [0.15, 0.2) is 0 Å². The molecule has 120 valence electrons. The summed E-state index contributed by atoms with van der Waals surface area (Å²) >= 11 is 0. The molecule has 0 bridgehead atoms. The average molecular weight is 286 g/mol. The first-order chi connectivity index (χ1) is 9.10. The Labute approximate surface area is 124 Å². The quantitative estimate of drug-likeness (QED) is 0.837. The van der Waals surface area contributed by atoms with Crippen LogP contribution in [-0.2, 0) is 4.79 Å². The van der Waals surface area contributed by atoms with E-state index in [2.05, 4.69) is 44.8 Å². The van der Waals surface area contributed by atoms with Gasteiger partial charge in [-0.25, -0.2) is 0 Å². The zero-order chi connectivity index (χ0) is 16.0. The minimum atomic E-state index is 0.0762. The summed E-state index contributed by atoms with van der Waals surface area (Å²) in [4.78, 5) is 13.8. The molecule has 0 aromatic carbocycles. The van der Waals surface area contributed by atoms with Crippen molar-refractivity contribution in [1.82, 2.24) is 10.2 Å². The Morgan fingerprint density at radius 3 is 2.05 bits per heavy atom.